The quantitative estimate of drug-likeness (QED) is 0.161. The number of hydrogen-bond acceptors (Lipinski definition) is 5. The maximum atomic E-state index is 12.7. The molecule has 0 aliphatic carbocycles. The second-order valence-electron chi connectivity index (χ2n) is 8.90. The molecule has 4 aromatic rings. The summed E-state index contributed by atoms with van der Waals surface area (Å²) in [5.74, 6) is 1.58. The number of carbonyl (C=O) groups is 1. The fraction of sp³-hybridized carbons (Fsp3) is 0.207. The van der Waals surface area contributed by atoms with Crippen LogP contribution in [0, 0.1) is 6.92 Å². The van der Waals surface area contributed by atoms with Crippen LogP contribution in [0.3, 0.4) is 0 Å². The highest BCUT2D eigenvalue weighted by Gasteiger charge is 2.23. The average Bonchev–Trinajstić information content (AvgIpc) is 3.57. The van der Waals surface area contributed by atoms with Crippen LogP contribution in [-0.4, -0.2) is 35.0 Å². The number of rotatable bonds is 8. The van der Waals surface area contributed by atoms with Crippen molar-refractivity contribution in [3.05, 3.63) is 106 Å². The normalized spacial score (nSPS) is 13.4. The topological polar surface area (TPSA) is 62.5 Å². The van der Waals surface area contributed by atoms with Crippen molar-refractivity contribution in [1.29, 1.82) is 0 Å². The monoisotopic (exact) mass is 529 g/mol. The lowest BCUT2D eigenvalue weighted by molar-refractivity contribution is 0.0955. The largest absolute Gasteiger partial charge is 0.356 e. The molecule has 5 rings (SSSR count). The number of para-hydroxylation sites is 1. The number of aromatic nitrogens is 2. The predicted octanol–water partition coefficient (Wildman–Crippen LogP) is 6.49. The van der Waals surface area contributed by atoms with Crippen molar-refractivity contribution in [3.8, 4) is 5.69 Å². The van der Waals surface area contributed by atoms with Crippen LogP contribution < -0.4 is 10.3 Å². The number of aryl methyl sites for hydroxylation is 1. The summed E-state index contributed by atoms with van der Waals surface area (Å²) in [7, 11) is 0. The van der Waals surface area contributed by atoms with E-state index in [1.165, 1.54) is 0 Å². The molecule has 6 nitrogen and oxygen atoms in total. The van der Waals surface area contributed by atoms with Gasteiger partial charge in [0.15, 0.2) is 0 Å². The number of nitrogens with zero attached hydrogens (tertiary/aromatic N) is 4. The summed E-state index contributed by atoms with van der Waals surface area (Å²) in [6, 6.07) is 25.5. The van der Waals surface area contributed by atoms with Crippen LogP contribution in [0.4, 0.5) is 5.82 Å². The third-order valence-electron chi connectivity index (χ3n) is 6.28. The summed E-state index contributed by atoms with van der Waals surface area (Å²) < 4.78 is 1.98. The van der Waals surface area contributed by atoms with Gasteiger partial charge in [0.2, 0.25) is 0 Å². The molecule has 0 spiro atoms. The Kier molecular flexibility index (Phi) is 7.92. The first-order valence-corrected chi connectivity index (χ1v) is 13.7. The summed E-state index contributed by atoms with van der Waals surface area (Å²) in [6.45, 7) is 3.94. The van der Waals surface area contributed by atoms with E-state index < -0.39 is 0 Å². The number of amides is 1. The Morgan fingerprint density at radius 3 is 2.43 bits per heavy atom. The van der Waals surface area contributed by atoms with Crippen LogP contribution in [0.1, 0.15) is 40.0 Å². The van der Waals surface area contributed by atoms with Gasteiger partial charge in [-0.1, -0.05) is 41.9 Å². The van der Waals surface area contributed by atoms with Crippen molar-refractivity contribution in [2.75, 3.05) is 18.0 Å². The molecule has 3 aromatic carbocycles. The van der Waals surface area contributed by atoms with Gasteiger partial charge in [-0.3, -0.25) is 4.79 Å². The van der Waals surface area contributed by atoms with Gasteiger partial charge < -0.3 is 4.90 Å². The molecule has 8 heteroatoms. The molecule has 0 saturated carbocycles. The zero-order valence-electron chi connectivity index (χ0n) is 20.6. The number of carbonyl (C=O) groups excluding carboxylic acids is 1. The van der Waals surface area contributed by atoms with Crippen LogP contribution in [0.15, 0.2) is 88.9 Å². The van der Waals surface area contributed by atoms with Gasteiger partial charge in [0.25, 0.3) is 5.91 Å². The highest BCUT2D eigenvalue weighted by Crippen LogP contribution is 2.29. The van der Waals surface area contributed by atoms with Gasteiger partial charge in [-0.05, 0) is 73.9 Å². The first kappa shape index (κ1) is 25.1. The first-order valence-electron chi connectivity index (χ1n) is 12.3. The molecule has 1 amide bonds. The van der Waals surface area contributed by atoms with Gasteiger partial charge >= 0.3 is 0 Å². The highest BCUT2D eigenvalue weighted by molar-refractivity contribution is 7.98. The summed E-state index contributed by atoms with van der Waals surface area (Å²) in [6.07, 6.45) is 4.02. The molecule has 37 heavy (non-hydrogen) atoms. The maximum absolute atomic E-state index is 12.7. The molecule has 1 aliphatic heterocycles. The van der Waals surface area contributed by atoms with E-state index in [2.05, 4.69) is 15.4 Å². The first-order chi connectivity index (χ1) is 18.1. The lowest BCUT2D eigenvalue weighted by Crippen LogP contribution is -2.23. The van der Waals surface area contributed by atoms with E-state index in [4.69, 9.17) is 16.7 Å². The maximum Gasteiger partial charge on any atom is 0.271 e. The molecular formula is C29H28ClN5OS. The van der Waals surface area contributed by atoms with Gasteiger partial charge in [-0.15, -0.1) is 11.8 Å². The Morgan fingerprint density at radius 2 is 1.73 bits per heavy atom. The number of benzene rings is 3. The molecule has 1 fully saturated rings. The number of anilines is 1. The Balaban J connectivity index is 1.26. The molecule has 0 atom stereocenters. The van der Waals surface area contributed by atoms with Crippen LogP contribution in [0.2, 0.25) is 5.02 Å². The predicted molar refractivity (Wildman–Crippen MR) is 152 cm³/mol. The number of halogens is 1. The third-order valence-corrected chi connectivity index (χ3v) is 7.62. The molecule has 1 aliphatic rings. The fourth-order valence-corrected chi connectivity index (χ4v) is 5.31. The molecule has 188 valence electrons. The molecule has 1 aromatic heterocycles. The van der Waals surface area contributed by atoms with Crippen molar-refractivity contribution in [3.63, 3.8) is 0 Å². The minimum atomic E-state index is -0.246. The molecule has 0 unspecified atom stereocenters. The number of nitrogens with one attached hydrogen (secondary N) is 1. The molecule has 0 radical (unpaired) electrons. The van der Waals surface area contributed by atoms with Crippen molar-refractivity contribution in [2.45, 2.75) is 30.4 Å². The SMILES string of the molecule is Cc1nn(-c2ccccc2)c(N2CCCC2)c1C=NNC(=O)c1ccc(CSc2ccc(Cl)cc2)cc1. The molecule has 0 bridgehead atoms. The highest BCUT2D eigenvalue weighted by atomic mass is 35.5. The van der Waals surface area contributed by atoms with E-state index in [1.807, 2.05) is 90.5 Å². The van der Waals surface area contributed by atoms with Crippen molar-refractivity contribution in [1.82, 2.24) is 15.2 Å². The summed E-state index contributed by atoms with van der Waals surface area (Å²) in [5.41, 5.74) is 7.17. The lowest BCUT2D eigenvalue weighted by Gasteiger charge is -2.20. The van der Waals surface area contributed by atoms with Crippen LogP contribution in [0.25, 0.3) is 5.69 Å². The van der Waals surface area contributed by atoms with Crippen molar-refractivity contribution >= 4 is 41.3 Å². The Labute approximate surface area is 226 Å². The molecule has 1 saturated heterocycles. The van der Waals surface area contributed by atoms with E-state index in [1.54, 1.807) is 18.0 Å². The minimum Gasteiger partial charge on any atom is -0.356 e. The van der Waals surface area contributed by atoms with Crippen molar-refractivity contribution in [2.24, 2.45) is 5.10 Å². The van der Waals surface area contributed by atoms with Crippen LogP contribution >= 0.6 is 23.4 Å². The zero-order chi connectivity index (χ0) is 25.6. The average molecular weight is 530 g/mol. The van der Waals surface area contributed by atoms with Crippen LogP contribution in [0.5, 0.6) is 0 Å². The second kappa shape index (κ2) is 11.7. The second-order valence-corrected chi connectivity index (χ2v) is 10.4. The Morgan fingerprint density at radius 1 is 1.03 bits per heavy atom. The zero-order valence-corrected chi connectivity index (χ0v) is 22.2. The molecular weight excluding hydrogens is 502 g/mol. The van der Waals surface area contributed by atoms with E-state index >= 15 is 0 Å². The van der Waals surface area contributed by atoms with Gasteiger partial charge in [-0.2, -0.15) is 10.2 Å². The summed E-state index contributed by atoms with van der Waals surface area (Å²) >= 11 is 7.68. The Hall–Kier alpha value is -3.55. The van der Waals surface area contributed by atoms with Gasteiger partial charge in [0, 0.05) is 34.3 Å². The summed E-state index contributed by atoms with van der Waals surface area (Å²) in [5, 5.41) is 9.83. The molecule has 1 N–H and O–H groups in total. The smallest absolute Gasteiger partial charge is 0.271 e. The van der Waals surface area contributed by atoms with E-state index in [-0.39, 0.29) is 5.91 Å². The van der Waals surface area contributed by atoms with Crippen LogP contribution in [-0.2, 0) is 5.75 Å². The third kappa shape index (κ3) is 6.06. The van der Waals surface area contributed by atoms with E-state index in [0.717, 1.165) is 69.9 Å². The number of hydrogen-bond donors (Lipinski definition) is 1. The van der Waals surface area contributed by atoms with Gasteiger partial charge in [0.1, 0.15) is 5.82 Å². The number of thioether (sulfide) groups is 1. The molecule has 2 heterocycles. The fourth-order valence-electron chi connectivity index (χ4n) is 4.33. The Bertz CT molecular complexity index is 1380. The summed E-state index contributed by atoms with van der Waals surface area (Å²) in [4.78, 5) is 16.2. The minimum absolute atomic E-state index is 0.246. The standard InChI is InChI=1S/C29H28ClN5OS/c1-21-27(29(34-17-5-6-18-34)35(33-21)25-7-3-2-4-8-25)19-31-32-28(36)23-11-9-22(10-12-23)20-37-26-15-13-24(30)14-16-26/h2-4,7-16,19H,5-6,17-18,20H2,1H3,(H,32,36). The van der Waals surface area contributed by atoms with Gasteiger partial charge in [-0.25, -0.2) is 10.1 Å². The van der Waals surface area contributed by atoms with E-state index in [9.17, 15) is 4.79 Å². The van der Waals surface area contributed by atoms with E-state index in [0.29, 0.717) is 5.56 Å². The number of hydrazone groups is 1. The van der Waals surface area contributed by atoms with Crippen molar-refractivity contribution < 1.29 is 4.79 Å². The van der Waals surface area contributed by atoms with Gasteiger partial charge in [0.05, 0.1) is 23.2 Å². The lowest BCUT2D eigenvalue weighted by atomic mass is 10.1.